The fourth-order valence-electron chi connectivity index (χ4n) is 3.29. The van der Waals surface area contributed by atoms with Gasteiger partial charge in [0.15, 0.2) is 46.7 Å². The lowest BCUT2D eigenvalue weighted by molar-refractivity contribution is -0.239. The third-order valence-electron chi connectivity index (χ3n) is 4.36. The van der Waals surface area contributed by atoms with Gasteiger partial charge in [0, 0.05) is 26.8 Å². The van der Waals surface area contributed by atoms with E-state index in [1.165, 1.54) is 0 Å². The van der Waals surface area contributed by atoms with E-state index in [1.807, 2.05) is 0 Å². The molecule has 13 heteroatoms. The fourth-order valence-corrected chi connectivity index (χ4v) is 3.86. The summed E-state index contributed by atoms with van der Waals surface area (Å²) >= 11 is 3.08. The van der Waals surface area contributed by atoms with Gasteiger partial charge in [-0.15, -0.1) is 0 Å². The second-order valence-electron chi connectivity index (χ2n) is 6.62. The average molecular weight is 509 g/mol. The molecule has 0 aliphatic carbocycles. The number of ether oxygens (including phenoxy) is 4. The minimum absolute atomic E-state index is 0.110. The van der Waals surface area contributed by atoms with Crippen LogP contribution < -0.4 is 0 Å². The first-order valence-corrected chi connectivity index (χ1v) is 9.64. The Bertz CT molecular complexity index is 1060. The first-order valence-electron chi connectivity index (χ1n) is 8.85. The third kappa shape index (κ3) is 4.51. The van der Waals surface area contributed by atoms with Gasteiger partial charge in [0.1, 0.15) is 5.52 Å². The molecule has 0 amide bonds. The number of esters is 3. The van der Waals surface area contributed by atoms with Crippen molar-refractivity contribution in [3.63, 3.8) is 0 Å². The molecule has 0 bridgehead atoms. The first-order chi connectivity index (χ1) is 14.5. The third-order valence-corrected chi connectivity index (χ3v) is 4.92. The maximum atomic E-state index is 14.2. The van der Waals surface area contributed by atoms with Gasteiger partial charge >= 0.3 is 17.9 Å². The predicted molar refractivity (Wildman–Crippen MR) is 99.0 cm³/mol. The number of hydrogen-bond acceptors (Lipinski definition) is 8. The lowest BCUT2D eigenvalue weighted by Crippen LogP contribution is -2.55. The van der Waals surface area contributed by atoms with Crippen LogP contribution in [0.4, 0.5) is 13.2 Å². The highest BCUT2D eigenvalue weighted by molar-refractivity contribution is 9.10. The lowest BCUT2D eigenvalue weighted by atomic mass is 10.0. The van der Waals surface area contributed by atoms with Gasteiger partial charge in [-0.2, -0.15) is 0 Å². The van der Waals surface area contributed by atoms with Crippen molar-refractivity contribution in [2.75, 3.05) is 6.61 Å². The van der Waals surface area contributed by atoms with Crippen molar-refractivity contribution in [2.24, 2.45) is 0 Å². The zero-order valence-corrected chi connectivity index (χ0v) is 17.9. The van der Waals surface area contributed by atoms with E-state index < -0.39 is 65.4 Å². The number of imidazole rings is 1. The highest BCUT2D eigenvalue weighted by atomic mass is 79.9. The summed E-state index contributed by atoms with van der Waals surface area (Å²) in [6.07, 6.45) is -5.20. The second kappa shape index (κ2) is 8.83. The van der Waals surface area contributed by atoms with Crippen molar-refractivity contribution in [3.8, 4) is 0 Å². The number of carbonyl (C=O) groups excluding carboxylic acids is 3. The van der Waals surface area contributed by atoms with Crippen LogP contribution in [0.5, 0.6) is 0 Å². The zero-order valence-electron chi connectivity index (χ0n) is 16.4. The van der Waals surface area contributed by atoms with Gasteiger partial charge in [0.05, 0.1) is 12.1 Å². The van der Waals surface area contributed by atoms with Gasteiger partial charge in [-0.3, -0.25) is 19.0 Å². The van der Waals surface area contributed by atoms with Gasteiger partial charge in [0.25, 0.3) is 0 Å². The normalized spacial score (nSPS) is 23.5. The standard InChI is InChI=1S/C18H16BrF3N2O7/c1-6(25)29-11-5-28-17(16(31-8(3)27)15(11)30-7(2)26)24-10-4-9(20)12(21)13(22)14(10)23-18(24)19/h4,11,15-17H,5H2,1-3H3/t11-,15-,16-,17-/m1/s1. The average Bonchev–Trinajstić information content (AvgIpc) is 2.97. The van der Waals surface area contributed by atoms with E-state index in [0.29, 0.717) is 6.07 Å². The van der Waals surface area contributed by atoms with E-state index in [1.54, 1.807) is 0 Å². The van der Waals surface area contributed by atoms with Crippen LogP contribution in [0.15, 0.2) is 10.8 Å². The van der Waals surface area contributed by atoms with E-state index in [4.69, 9.17) is 18.9 Å². The highest BCUT2D eigenvalue weighted by Gasteiger charge is 2.48. The molecule has 1 aromatic heterocycles. The van der Waals surface area contributed by atoms with Crippen molar-refractivity contribution < 1.29 is 46.5 Å². The van der Waals surface area contributed by atoms with Crippen molar-refractivity contribution in [1.82, 2.24) is 9.55 Å². The van der Waals surface area contributed by atoms with E-state index in [2.05, 4.69) is 20.9 Å². The molecule has 1 aliphatic heterocycles. The van der Waals surface area contributed by atoms with Crippen molar-refractivity contribution in [1.29, 1.82) is 0 Å². The van der Waals surface area contributed by atoms with Crippen molar-refractivity contribution >= 4 is 44.9 Å². The summed E-state index contributed by atoms with van der Waals surface area (Å²) in [4.78, 5) is 38.7. The van der Waals surface area contributed by atoms with Gasteiger partial charge in [0.2, 0.25) is 0 Å². The molecule has 0 spiro atoms. The van der Waals surface area contributed by atoms with Crippen LogP contribution in [-0.4, -0.2) is 52.4 Å². The van der Waals surface area contributed by atoms with Crippen molar-refractivity contribution in [2.45, 2.75) is 45.3 Å². The number of nitrogens with zero attached hydrogens (tertiary/aromatic N) is 2. The second-order valence-corrected chi connectivity index (χ2v) is 7.33. The molecular weight excluding hydrogens is 493 g/mol. The minimum Gasteiger partial charge on any atom is -0.456 e. The molecule has 1 fully saturated rings. The number of aromatic nitrogens is 2. The molecule has 0 saturated carbocycles. The maximum Gasteiger partial charge on any atom is 0.303 e. The molecule has 9 nitrogen and oxygen atoms in total. The minimum atomic E-state index is -1.71. The van der Waals surface area contributed by atoms with Gasteiger partial charge < -0.3 is 18.9 Å². The Balaban J connectivity index is 2.15. The van der Waals surface area contributed by atoms with E-state index in [0.717, 1.165) is 25.3 Å². The number of hydrogen-bond donors (Lipinski definition) is 0. The Morgan fingerprint density at radius 3 is 2.19 bits per heavy atom. The fraction of sp³-hybridized carbons (Fsp3) is 0.444. The van der Waals surface area contributed by atoms with Crippen LogP contribution in [0.3, 0.4) is 0 Å². The molecule has 4 atom stereocenters. The molecule has 0 N–H and O–H groups in total. The first kappa shape index (κ1) is 23.0. The quantitative estimate of drug-likeness (QED) is 0.352. The molecule has 31 heavy (non-hydrogen) atoms. The van der Waals surface area contributed by atoms with Crippen LogP contribution in [0.1, 0.15) is 27.0 Å². The number of carbonyl (C=O) groups is 3. The molecule has 168 valence electrons. The van der Waals surface area contributed by atoms with Crippen LogP contribution in [-0.2, 0) is 33.3 Å². The van der Waals surface area contributed by atoms with Gasteiger partial charge in [-0.25, -0.2) is 18.2 Å². The molecular formula is C18H16BrF3N2O7. The summed E-state index contributed by atoms with van der Waals surface area (Å²) in [5, 5.41) is 0. The number of rotatable bonds is 4. The summed E-state index contributed by atoms with van der Waals surface area (Å²) in [7, 11) is 0. The van der Waals surface area contributed by atoms with E-state index >= 15 is 0 Å². The Kier molecular flexibility index (Phi) is 6.55. The summed E-state index contributed by atoms with van der Waals surface area (Å²) in [5.74, 6) is -6.99. The molecule has 2 heterocycles. The molecule has 0 unspecified atom stereocenters. The monoisotopic (exact) mass is 508 g/mol. The van der Waals surface area contributed by atoms with Crippen molar-refractivity contribution in [3.05, 3.63) is 28.3 Å². The summed E-state index contributed by atoms with van der Waals surface area (Å²) in [6, 6.07) is 0.693. The molecule has 3 rings (SSSR count). The largest absolute Gasteiger partial charge is 0.456 e. The Labute approximate surface area is 181 Å². The van der Waals surface area contributed by atoms with E-state index in [-0.39, 0.29) is 16.9 Å². The lowest BCUT2D eigenvalue weighted by Gasteiger charge is -2.41. The highest BCUT2D eigenvalue weighted by Crippen LogP contribution is 2.36. The number of fused-ring (bicyclic) bond motifs is 1. The number of halogens is 4. The maximum absolute atomic E-state index is 14.2. The van der Waals surface area contributed by atoms with Crippen LogP contribution >= 0.6 is 15.9 Å². The summed E-state index contributed by atoms with van der Waals surface area (Å²) in [6.45, 7) is 2.97. The summed E-state index contributed by atoms with van der Waals surface area (Å²) in [5.41, 5.74) is -0.736. The van der Waals surface area contributed by atoms with Crippen LogP contribution in [0.2, 0.25) is 0 Å². The molecule has 1 aliphatic rings. The zero-order chi connectivity index (χ0) is 23.0. The topological polar surface area (TPSA) is 106 Å². The molecule has 0 radical (unpaired) electrons. The molecule has 1 saturated heterocycles. The van der Waals surface area contributed by atoms with E-state index in [9.17, 15) is 27.6 Å². The Morgan fingerprint density at radius 2 is 1.61 bits per heavy atom. The molecule has 1 aromatic carbocycles. The Hall–Kier alpha value is -2.67. The van der Waals surface area contributed by atoms with Gasteiger partial charge in [-0.05, 0) is 15.9 Å². The van der Waals surface area contributed by atoms with Gasteiger partial charge in [-0.1, -0.05) is 0 Å². The number of benzene rings is 1. The summed E-state index contributed by atoms with van der Waals surface area (Å²) < 4.78 is 64.1. The smallest absolute Gasteiger partial charge is 0.303 e. The SMILES string of the molecule is CC(=O)O[C@@H]1[C@H](OC(C)=O)[C@H](OC(C)=O)CO[C@H]1n1c(Br)nc2c(F)c(F)c(F)cc21. The van der Waals surface area contributed by atoms with Crippen LogP contribution in [0.25, 0.3) is 11.0 Å². The predicted octanol–water partition coefficient (Wildman–Crippen LogP) is 2.54. The molecule has 2 aromatic rings. The van der Waals surface area contributed by atoms with Crippen LogP contribution in [0, 0.1) is 17.5 Å². The Morgan fingerprint density at radius 1 is 1.03 bits per heavy atom.